The minimum atomic E-state index is 0.0107. The molecule has 3 aromatic carbocycles. The smallest absolute Gasteiger partial charge is 0.247 e. The molecule has 0 saturated heterocycles. The highest BCUT2D eigenvalue weighted by Gasteiger charge is 2.12. The summed E-state index contributed by atoms with van der Waals surface area (Å²) < 4.78 is 0. The Morgan fingerprint density at radius 3 is 1.60 bits per heavy atom. The second-order valence-electron chi connectivity index (χ2n) is 5.91. The van der Waals surface area contributed by atoms with E-state index in [2.05, 4.69) is 0 Å². The van der Waals surface area contributed by atoms with Gasteiger partial charge in [0.2, 0.25) is 5.91 Å². The Morgan fingerprint density at radius 2 is 1.12 bits per heavy atom. The second-order valence-corrected chi connectivity index (χ2v) is 5.91. The van der Waals surface area contributed by atoms with E-state index < -0.39 is 0 Å². The zero-order chi connectivity index (χ0) is 17.3. The molecule has 0 bridgehead atoms. The predicted molar refractivity (Wildman–Crippen MR) is 103 cm³/mol. The van der Waals surface area contributed by atoms with Gasteiger partial charge in [0.05, 0.1) is 0 Å². The van der Waals surface area contributed by atoms with Crippen molar-refractivity contribution in [3.63, 3.8) is 0 Å². The highest BCUT2D eigenvalue weighted by molar-refractivity contribution is 5.91. The first-order valence-electron chi connectivity index (χ1n) is 8.41. The Morgan fingerprint density at radius 1 is 0.680 bits per heavy atom. The van der Waals surface area contributed by atoms with E-state index in [1.807, 2.05) is 102 Å². The standard InChI is InChI=1S/C23H21NO/c25-23(17-16-20-10-4-1-5-11-20)24(18-21-12-6-2-7-13-21)19-22-14-8-3-9-15-22/h1-17H,18-19H2. The minimum Gasteiger partial charge on any atom is -0.331 e. The monoisotopic (exact) mass is 327 g/mol. The second kappa shape index (κ2) is 8.65. The molecule has 3 rings (SSSR count). The molecule has 0 atom stereocenters. The van der Waals surface area contributed by atoms with E-state index >= 15 is 0 Å². The van der Waals surface area contributed by atoms with Gasteiger partial charge < -0.3 is 4.90 Å². The average molecular weight is 327 g/mol. The molecule has 1 amide bonds. The predicted octanol–water partition coefficient (Wildman–Crippen LogP) is 4.93. The first-order valence-corrected chi connectivity index (χ1v) is 8.41. The fourth-order valence-corrected chi connectivity index (χ4v) is 2.66. The van der Waals surface area contributed by atoms with Gasteiger partial charge in [-0.15, -0.1) is 0 Å². The van der Waals surface area contributed by atoms with Crippen molar-refractivity contribution in [1.82, 2.24) is 4.90 Å². The van der Waals surface area contributed by atoms with Gasteiger partial charge in [0, 0.05) is 19.2 Å². The van der Waals surface area contributed by atoms with Crippen LogP contribution in [0.3, 0.4) is 0 Å². The van der Waals surface area contributed by atoms with Crippen LogP contribution in [0.5, 0.6) is 0 Å². The Kier molecular flexibility index (Phi) is 5.78. The first-order chi connectivity index (χ1) is 12.3. The molecule has 2 nitrogen and oxygen atoms in total. The van der Waals surface area contributed by atoms with Crippen molar-refractivity contribution in [1.29, 1.82) is 0 Å². The van der Waals surface area contributed by atoms with Crippen LogP contribution in [0.1, 0.15) is 16.7 Å². The summed E-state index contributed by atoms with van der Waals surface area (Å²) in [6, 6.07) is 30.1. The Bertz CT molecular complexity index is 769. The fraction of sp³-hybridized carbons (Fsp3) is 0.0870. The van der Waals surface area contributed by atoms with Crippen molar-refractivity contribution in [2.75, 3.05) is 0 Å². The van der Waals surface area contributed by atoms with Crippen LogP contribution in [0.4, 0.5) is 0 Å². The van der Waals surface area contributed by atoms with Gasteiger partial charge in [-0.2, -0.15) is 0 Å². The zero-order valence-corrected chi connectivity index (χ0v) is 14.1. The molecule has 0 aromatic heterocycles. The van der Waals surface area contributed by atoms with Crippen molar-refractivity contribution >= 4 is 12.0 Å². The highest BCUT2D eigenvalue weighted by atomic mass is 16.2. The maximum absolute atomic E-state index is 12.8. The van der Waals surface area contributed by atoms with Crippen LogP contribution >= 0.6 is 0 Å². The third-order valence-electron chi connectivity index (χ3n) is 3.96. The van der Waals surface area contributed by atoms with Gasteiger partial charge in [-0.1, -0.05) is 91.0 Å². The number of hydrogen-bond acceptors (Lipinski definition) is 1. The molecule has 2 heteroatoms. The van der Waals surface area contributed by atoms with E-state index in [0.29, 0.717) is 13.1 Å². The van der Waals surface area contributed by atoms with E-state index in [0.717, 1.165) is 16.7 Å². The summed E-state index contributed by atoms with van der Waals surface area (Å²) in [5.41, 5.74) is 3.27. The first kappa shape index (κ1) is 16.7. The van der Waals surface area contributed by atoms with Crippen LogP contribution in [-0.2, 0) is 17.9 Å². The Hall–Kier alpha value is -3.13. The van der Waals surface area contributed by atoms with Crippen LogP contribution < -0.4 is 0 Å². The van der Waals surface area contributed by atoms with E-state index in [-0.39, 0.29) is 5.91 Å². The molecular weight excluding hydrogens is 306 g/mol. The topological polar surface area (TPSA) is 20.3 Å². The molecule has 124 valence electrons. The van der Waals surface area contributed by atoms with E-state index in [1.54, 1.807) is 6.08 Å². The number of nitrogens with zero attached hydrogens (tertiary/aromatic N) is 1. The summed E-state index contributed by atoms with van der Waals surface area (Å²) in [5, 5.41) is 0. The molecule has 0 saturated carbocycles. The summed E-state index contributed by atoms with van der Waals surface area (Å²) in [7, 11) is 0. The number of amides is 1. The third kappa shape index (κ3) is 5.18. The molecule has 0 N–H and O–H groups in total. The maximum atomic E-state index is 12.8. The lowest BCUT2D eigenvalue weighted by molar-refractivity contribution is -0.127. The molecular formula is C23H21NO. The van der Waals surface area contributed by atoms with Gasteiger partial charge in [0.25, 0.3) is 0 Å². The quantitative estimate of drug-likeness (QED) is 0.588. The third-order valence-corrected chi connectivity index (χ3v) is 3.96. The zero-order valence-electron chi connectivity index (χ0n) is 14.1. The molecule has 0 fully saturated rings. The lowest BCUT2D eigenvalue weighted by Crippen LogP contribution is -2.28. The van der Waals surface area contributed by atoms with Crippen LogP contribution in [0.15, 0.2) is 97.1 Å². The van der Waals surface area contributed by atoms with Crippen molar-refractivity contribution < 1.29 is 4.79 Å². The van der Waals surface area contributed by atoms with E-state index in [4.69, 9.17) is 0 Å². The maximum Gasteiger partial charge on any atom is 0.247 e. The number of benzene rings is 3. The van der Waals surface area contributed by atoms with Gasteiger partial charge in [0.1, 0.15) is 0 Å². The minimum absolute atomic E-state index is 0.0107. The molecule has 0 aliphatic heterocycles. The number of carbonyl (C=O) groups excluding carboxylic acids is 1. The summed E-state index contributed by atoms with van der Waals surface area (Å²) in [5.74, 6) is 0.0107. The van der Waals surface area contributed by atoms with Gasteiger partial charge >= 0.3 is 0 Å². The summed E-state index contributed by atoms with van der Waals surface area (Å²) in [6.45, 7) is 1.18. The SMILES string of the molecule is O=C(C=Cc1ccccc1)N(Cc1ccccc1)Cc1ccccc1. The largest absolute Gasteiger partial charge is 0.331 e. The average Bonchev–Trinajstić information content (AvgIpc) is 2.68. The van der Waals surface area contributed by atoms with Gasteiger partial charge in [-0.3, -0.25) is 4.79 Å². The van der Waals surface area contributed by atoms with Gasteiger partial charge in [-0.05, 0) is 22.8 Å². The summed E-state index contributed by atoms with van der Waals surface area (Å²) >= 11 is 0. The van der Waals surface area contributed by atoms with Crippen LogP contribution in [0.25, 0.3) is 6.08 Å². The van der Waals surface area contributed by atoms with Crippen LogP contribution in [0.2, 0.25) is 0 Å². The molecule has 0 spiro atoms. The summed E-state index contributed by atoms with van der Waals surface area (Å²) in [6.07, 6.45) is 3.52. The van der Waals surface area contributed by atoms with E-state index in [1.165, 1.54) is 0 Å². The van der Waals surface area contributed by atoms with Crippen LogP contribution in [0, 0.1) is 0 Å². The van der Waals surface area contributed by atoms with Crippen molar-refractivity contribution in [2.24, 2.45) is 0 Å². The van der Waals surface area contributed by atoms with Crippen molar-refractivity contribution in [3.8, 4) is 0 Å². The van der Waals surface area contributed by atoms with Gasteiger partial charge in [0.15, 0.2) is 0 Å². The van der Waals surface area contributed by atoms with E-state index in [9.17, 15) is 4.79 Å². The molecule has 0 aliphatic rings. The number of hydrogen-bond donors (Lipinski definition) is 0. The highest BCUT2D eigenvalue weighted by Crippen LogP contribution is 2.12. The van der Waals surface area contributed by atoms with Crippen molar-refractivity contribution in [2.45, 2.75) is 13.1 Å². The fourth-order valence-electron chi connectivity index (χ4n) is 2.66. The molecule has 0 unspecified atom stereocenters. The van der Waals surface area contributed by atoms with Crippen molar-refractivity contribution in [3.05, 3.63) is 114 Å². The lowest BCUT2D eigenvalue weighted by Gasteiger charge is -2.21. The van der Waals surface area contributed by atoms with Crippen LogP contribution in [-0.4, -0.2) is 10.8 Å². The Labute approximate surface area is 149 Å². The molecule has 0 radical (unpaired) electrons. The van der Waals surface area contributed by atoms with Gasteiger partial charge in [-0.25, -0.2) is 0 Å². The number of rotatable bonds is 6. The molecule has 0 aliphatic carbocycles. The molecule has 3 aromatic rings. The summed E-state index contributed by atoms with van der Waals surface area (Å²) in [4.78, 5) is 14.6. The molecule has 25 heavy (non-hydrogen) atoms. The normalized spacial score (nSPS) is 10.7. The lowest BCUT2D eigenvalue weighted by atomic mass is 10.1. The number of carbonyl (C=O) groups is 1. The molecule has 0 heterocycles. The Balaban J connectivity index is 1.77.